The fraction of sp³-hybridized carbons (Fsp3) is 0.107. The Morgan fingerprint density at radius 2 is 1.82 bits per heavy atom. The number of primary amides is 1. The first-order valence-corrected chi connectivity index (χ1v) is 11.4. The van der Waals surface area contributed by atoms with E-state index in [-0.39, 0.29) is 0 Å². The summed E-state index contributed by atoms with van der Waals surface area (Å²) in [5.41, 5.74) is 13.6. The van der Waals surface area contributed by atoms with Gasteiger partial charge in [-0.3, -0.25) is 4.79 Å². The molecule has 1 amide bonds. The third-order valence-corrected chi connectivity index (χ3v) is 6.68. The fourth-order valence-corrected chi connectivity index (χ4v) is 5.02. The largest absolute Gasteiger partial charge is 0.366 e. The molecule has 33 heavy (non-hydrogen) atoms. The number of aromatic nitrogens is 1. The van der Waals surface area contributed by atoms with Gasteiger partial charge in [0.05, 0.1) is 11.0 Å². The standard InChI is InChI=1S/C28H21Cl2N2O/c1-16-6-7-19(17(2)12-16)15-32-25-5-3-4-23(28(31)33)27(25)22-10-8-18(13-26(22)32)21-11-9-20(29)14-24(21)30/h3-9,11-14H,15H2,1-2H3,(H2,31,33). The van der Waals surface area contributed by atoms with E-state index in [1.165, 1.54) is 16.7 Å². The van der Waals surface area contributed by atoms with Crippen molar-refractivity contribution in [3.63, 3.8) is 0 Å². The molecule has 1 heterocycles. The number of carbonyl (C=O) groups excluding carboxylic acids is 1. The number of carbonyl (C=O) groups is 1. The zero-order chi connectivity index (χ0) is 23.3. The van der Waals surface area contributed by atoms with E-state index < -0.39 is 5.91 Å². The first-order valence-electron chi connectivity index (χ1n) is 10.6. The molecule has 0 aliphatic rings. The van der Waals surface area contributed by atoms with Crippen molar-refractivity contribution in [2.75, 3.05) is 0 Å². The summed E-state index contributed by atoms with van der Waals surface area (Å²) < 4.78 is 2.22. The average Bonchev–Trinajstić information content (AvgIpc) is 3.08. The van der Waals surface area contributed by atoms with Gasteiger partial charge in [-0.2, -0.15) is 0 Å². The molecule has 4 aromatic carbocycles. The molecule has 163 valence electrons. The Hall–Kier alpha value is -3.27. The summed E-state index contributed by atoms with van der Waals surface area (Å²) in [7, 11) is 0. The first kappa shape index (κ1) is 21.6. The van der Waals surface area contributed by atoms with E-state index in [1.54, 1.807) is 12.1 Å². The molecule has 0 saturated carbocycles. The quantitative estimate of drug-likeness (QED) is 0.292. The van der Waals surface area contributed by atoms with E-state index in [0.717, 1.165) is 32.9 Å². The van der Waals surface area contributed by atoms with Crippen LogP contribution in [-0.2, 0) is 6.54 Å². The smallest absolute Gasteiger partial charge is 0.249 e. The summed E-state index contributed by atoms with van der Waals surface area (Å²) in [6, 6.07) is 25.0. The molecule has 2 N–H and O–H groups in total. The minimum atomic E-state index is -0.454. The molecule has 1 aromatic heterocycles. The van der Waals surface area contributed by atoms with Crippen LogP contribution in [0.5, 0.6) is 0 Å². The number of fused-ring (bicyclic) bond motifs is 3. The molecule has 5 aromatic rings. The summed E-state index contributed by atoms with van der Waals surface area (Å²) in [5.74, 6) is -0.454. The molecule has 0 aliphatic carbocycles. The van der Waals surface area contributed by atoms with Gasteiger partial charge in [0.25, 0.3) is 0 Å². The predicted molar refractivity (Wildman–Crippen MR) is 137 cm³/mol. The topological polar surface area (TPSA) is 48.0 Å². The highest BCUT2D eigenvalue weighted by Crippen LogP contribution is 2.37. The maximum Gasteiger partial charge on any atom is 0.249 e. The molecule has 0 unspecified atom stereocenters. The summed E-state index contributed by atoms with van der Waals surface area (Å²) in [6.07, 6.45) is 0. The molecule has 5 rings (SSSR count). The third kappa shape index (κ3) is 3.78. The van der Waals surface area contributed by atoms with Crippen LogP contribution in [0.15, 0.2) is 66.7 Å². The minimum Gasteiger partial charge on any atom is -0.366 e. The molecule has 0 fully saturated rings. The van der Waals surface area contributed by atoms with Gasteiger partial charge < -0.3 is 10.3 Å². The van der Waals surface area contributed by atoms with Crippen molar-refractivity contribution in [2.24, 2.45) is 5.73 Å². The van der Waals surface area contributed by atoms with Crippen LogP contribution in [-0.4, -0.2) is 10.5 Å². The van der Waals surface area contributed by atoms with Gasteiger partial charge in [-0.15, -0.1) is 0 Å². The van der Waals surface area contributed by atoms with Crippen LogP contribution in [0, 0.1) is 19.9 Å². The van der Waals surface area contributed by atoms with E-state index in [1.807, 2.05) is 30.3 Å². The lowest BCUT2D eigenvalue weighted by Gasteiger charge is -2.12. The molecule has 1 radical (unpaired) electrons. The normalized spacial score (nSPS) is 11.4. The van der Waals surface area contributed by atoms with Crippen LogP contribution in [0.3, 0.4) is 0 Å². The molecule has 3 nitrogen and oxygen atoms in total. The second kappa shape index (κ2) is 8.26. The van der Waals surface area contributed by atoms with Crippen LogP contribution < -0.4 is 5.73 Å². The van der Waals surface area contributed by atoms with Gasteiger partial charge >= 0.3 is 0 Å². The van der Waals surface area contributed by atoms with Gasteiger partial charge in [0.15, 0.2) is 0 Å². The zero-order valence-corrected chi connectivity index (χ0v) is 19.8. The Morgan fingerprint density at radius 1 is 1.00 bits per heavy atom. The average molecular weight is 472 g/mol. The number of aryl methyl sites for hydroxylation is 2. The SMILES string of the molecule is Cc1ccc(Cn2c3cc(-c4ccc(Cl)cc4Cl)c[c]c3c3c(C(N)=O)cccc32)c(C)c1. The number of rotatable bonds is 4. The Labute approximate surface area is 202 Å². The number of amides is 1. The van der Waals surface area contributed by atoms with Crippen molar-refractivity contribution < 1.29 is 4.79 Å². The Bertz CT molecular complexity index is 1570. The highest BCUT2D eigenvalue weighted by atomic mass is 35.5. The lowest BCUT2D eigenvalue weighted by Crippen LogP contribution is -2.11. The maximum atomic E-state index is 12.3. The van der Waals surface area contributed by atoms with Crippen LogP contribution >= 0.6 is 23.2 Å². The van der Waals surface area contributed by atoms with E-state index >= 15 is 0 Å². The van der Waals surface area contributed by atoms with Gasteiger partial charge in [0, 0.05) is 38.5 Å². The summed E-state index contributed by atoms with van der Waals surface area (Å²) in [4.78, 5) is 12.3. The van der Waals surface area contributed by atoms with Crippen LogP contribution in [0.4, 0.5) is 0 Å². The number of benzene rings is 4. The molecule has 0 bridgehead atoms. The number of hydrogen-bond acceptors (Lipinski definition) is 1. The summed E-state index contributed by atoms with van der Waals surface area (Å²) in [6.45, 7) is 4.86. The minimum absolute atomic E-state index is 0.454. The lowest BCUT2D eigenvalue weighted by atomic mass is 10.0. The number of nitrogens with two attached hydrogens (primary N) is 1. The van der Waals surface area contributed by atoms with Gasteiger partial charge in [0.2, 0.25) is 5.91 Å². The maximum absolute atomic E-state index is 12.3. The van der Waals surface area contributed by atoms with Crippen molar-refractivity contribution in [1.29, 1.82) is 0 Å². The van der Waals surface area contributed by atoms with E-state index in [2.05, 4.69) is 48.7 Å². The Kier molecular flexibility index (Phi) is 5.40. The molecule has 0 atom stereocenters. The molecular weight excluding hydrogens is 451 g/mol. The highest BCUT2D eigenvalue weighted by Gasteiger charge is 2.18. The van der Waals surface area contributed by atoms with Gasteiger partial charge in [-0.05, 0) is 73.0 Å². The Balaban J connectivity index is 1.81. The molecular formula is C28H21Cl2N2O. The molecule has 0 spiro atoms. The third-order valence-electron chi connectivity index (χ3n) is 6.13. The summed E-state index contributed by atoms with van der Waals surface area (Å²) >= 11 is 12.6. The van der Waals surface area contributed by atoms with Gasteiger partial charge in [-0.1, -0.05) is 59.1 Å². The van der Waals surface area contributed by atoms with Crippen molar-refractivity contribution in [3.8, 4) is 11.1 Å². The van der Waals surface area contributed by atoms with Crippen LogP contribution in [0.25, 0.3) is 32.9 Å². The van der Waals surface area contributed by atoms with Crippen molar-refractivity contribution >= 4 is 50.9 Å². The zero-order valence-electron chi connectivity index (χ0n) is 18.2. The van der Waals surface area contributed by atoms with Crippen LogP contribution in [0.2, 0.25) is 10.0 Å². The molecule has 0 saturated heterocycles. The van der Waals surface area contributed by atoms with E-state index in [9.17, 15) is 4.79 Å². The monoisotopic (exact) mass is 471 g/mol. The van der Waals surface area contributed by atoms with Gasteiger partial charge in [-0.25, -0.2) is 0 Å². The van der Waals surface area contributed by atoms with E-state index in [0.29, 0.717) is 22.2 Å². The Morgan fingerprint density at radius 3 is 2.55 bits per heavy atom. The predicted octanol–water partition coefficient (Wildman–Crippen LogP) is 7.33. The van der Waals surface area contributed by atoms with Crippen molar-refractivity contribution in [2.45, 2.75) is 20.4 Å². The molecule has 0 aliphatic heterocycles. The highest BCUT2D eigenvalue weighted by molar-refractivity contribution is 6.36. The van der Waals surface area contributed by atoms with E-state index in [4.69, 9.17) is 28.9 Å². The number of halogens is 2. The number of hydrogen-bond donors (Lipinski definition) is 1. The van der Waals surface area contributed by atoms with Crippen molar-refractivity contribution in [3.05, 3.63) is 105 Å². The summed E-state index contributed by atoms with van der Waals surface area (Å²) in [5, 5.41) is 2.84. The second-order valence-electron chi connectivity index (χ2n) is 8.35. The molecule has 5 heteroatoms. The second-order valence-corrected chi connectivity index (χ2v) is 9.20. The van der Waals surface area contributed by atoms with Crippen molar-refractivity contribution in [1.82, 2.24) is 4.57 Å². The van der Waals surface area contributed by atoms with Crippen LogP contribution in [0.1, 0.15) is 27.0 Å². The fourth-order valence-electron chi connectivity index (χ4n) is 4.50. The number of nitrogens with zero attached hydrogens (tertiary/aromatic N) is 1. The first-order chi connectivity index (χ1) is 15.8. The lowest BCUT2D eigenvalue weighted by molar-refractivity contribution is 0.100. The van der Waals surface area contributed by atoms with Gasteiger partial charge in [0.1, 0.15) is 0 Å².